The molecule has 2 aromatic rings. The van der Waals surface area contributed by atoms with Crippen LogP contribution < -0.4 is 0 Å². The van der Waals surface area contributed by atoms with Crippen molar-refractivity contribution in [2.24, 2.45) is 0 Å². The lowest BCUT2D eigenvalue weighted by atomic mass is 10.2. The van der Waals surface area contributed by atoms with E-state index < -0.39 is 23.4 Å². The van der Waals surface area contributed by atoms with Crippen LogP contribution in [0, 0.1) is 17.5 Å². The minimum atomic E-state index is -1.32. The van der Waals surface area contributed by atoms with Crippen molar-refractivity contribution >= 4 is 5.97 Å². The molecule has 0 amide bonds. The van der Waals surface area contributed by atoms with E-state index in [1.165, 1.54) is 18.3 Å². The molecule has 0 aliphatic carbocycles. The Balaban J connectivity index is 2.64. The molecule has 1 aromatic heterocycles. The second kappa shape index (κ2) is 3.97. The van der Waals surface area contributed by atoms with E-state index in [4.69, 9.17) is 5.11 Å². The van der Waals surface area contributed by atoms with Gasteiger partial charge in [-0.1, -0.05) is 0 Å². The van der Waals surface area contributed by atoms with E-state index in [1.54, 1.807) is 0 Å². The zero-order valence-electron chi connectivity index (χ0n) is 8.32. The zero-order chi connectivity index (χ0) is 12.6. The fourth-order valence-corrected chi connectivity index (χ4v) is 1.46. The van der Waals surface area contributed by atoms with Crippen molar-refractivity contribution in [1.82, 2.24) is 4.57 Å². The number of carboxylic acids is 1. The normalized spacial score (nSPS) is 10.5. The van der Waals surface area contributed by atoms with Crippen LogP contribution in [0.5, 0.6) is 0 Å². The summed E-state index contributed by atoms with van der Waals surface area (Å²) in [6, 6.07) is 3.57. The molecule has 0 radical (unpaired) electrons. The van der Waals surface area contributed by atoms with Crippen LogP contribution in [0.15, 0.2) is 30.5 Å². The lowest BCUT2D eigenvalue weighted by Gasteiger charge is -2.08. The van der Waals surface area contributed by atoms with E-state index in [2.05, 4.69) is 0 Å². The molecule has 0 bridgehead atoms. The van der Waals surface area contributed by atoms with Crippen molar-refractivity contribution in [3.05, 3.63) is 53.6 Å². The molecule has 17 heavy (non-hydrogen) atoms. The lowest BCUT2D eigenvalue weighted by molar-refractivity contribution is 0.0688. The maximum atomic E-state index is 13.4. The fraction of sp³-hybridized carbons (Fsp3) is 0. The van der Waals surface area contributed by atoms with Gasteiger partial charge < -0.3 is 9.67 Å². The topological polar surface area (TPSA) is 42.2 Å². The number of aromatic carboxylic acids is 1. The molecular weight excluding hydrogens is 235 g/mol. The Morgan fingerprint density at radius 1 is 1.12 bits per heavy atom. The van der Waals surface area contributed by atoms with Gasteiger partial charge in [-0.2, -0.15) is 0 Å². The van der Waals surface area contributed by atoms with Gasteiger partial charge in [0, 0.05) is 18.3 Å². The fourth-order valence-electron chi connectivity index (χ4n) is 1.46. The molecule has 1 N–H and O–H groups in total. The van der Waals surface area contributed by atoms with Crippen LogP contribution in [0.4, 0.5) is 13.2 Å². The van der Waals surface area contributed by atoms with E-state index in [0.717, 1.165) is 4.57 Å². The second-order valence-corrected chi connectivity index (χ2v) is 3.29. The molecular formula is C11H6F3NO2. The summed E-state index contributed by atoms with van der Waals surface area (Å²) in [6.07, 6.45) is 1.25. The van der Waals surface area contributed by atoms with Gasteiger partial charge in [-0.05, 0) is 12.1 Å². The van der Waals surface area contributed by atoms with Crippen molar-refractivity contribution in [1.29, 1.82) is 0 Å². The molecule has 1 aromatic carbocycles. The highest BCUT2D eigenvalue weighted by atomic mass is 19.2. The van der Waals surface area contributed by atoms with Crippen LogP contribution in [0.2, 0.25) is 0 Å². The number of halogens is 3. The minimum Gasteiger partial charge on any atom is -0.477 e. The van der Waals surface area contributed by atoms with Gasteiger partial charge in [-0.15, -0.1) is 0 Å². The molecule has 0 aliphatic rings. The van der Waals surface area contributed by atoms with Crippen LogP contribution in [-0.4, -0.2) is 15.6 Å². The zero-order valence-corrected chi connectivity index (χ0v) is 8.32. The first-order chi connectivity index (χ1) is 8.00. The molecule has 0 atom stereocenters. The van der Waals surface area contributed by atoms with Crippen LogP contribution >= 0.6 is 0 Å². The predicted molar refractivity (Wildman–Crippen MR) is 52.6 cm³/mol. The van der Waals surface area contributed by atoms with Gasteiger partial charge in [0.1, 0.15) is 11.5 Å². The molecule has 0 spiro atoms. The number of rotatable bonds is 2. The van der Waals surface area contributed by atoms with Gasteiger partial charge >= 0.3 is 5.97 Å². The molecule has 0 saturated carbocycles. The highest BCUT2D eigenvalue weighted by Crippen LogP contribution is 2.20. The summed E-state index contributed by atoms with van der Waals surface area (Å²) in [5, 5.41) is 8.82. The highest BCUT2D eigenvalue weighted by Gasteiger charge is 2.16. The second-order valence-electron chi connectivity index (χ2n) is 3.29. The Morgan fingerprint density at radius 3 is 2.41 bits per heavy atom. The highest BCUT2D eigenvalue weighted by molar-refractivity contribution is 5.86. The number of aromatic nitrogens is 1. The summed E-state index contributed by atoms with van der Waals surface area (Å²) in [4.78, 5) is 10.8. The number of carbonyl (C=O) groups is 1. The number of nitrogens with zero attached hydrogens (tertiary/aromatic N) is 1. The van der Waals surface area contributed by atoms with E-state index in [9.17, 15) is 18.0 Å². The van der Waals surface area contributed by atoms with Crippen LogP contribution in [0.3, 0.4) is 0 Å². The Kier molecular flexibility index (Phi) is 2.63. The van der Waals surface area contributed by atoms with Crippen LogP contribution in [0.1, 0.15) is 10.5 Å². The van der Waals surface area contributed by atoms with Gasteiger partial charge in [0.15, 0.2) is 11.6 Å². The number of carboxylic acid groups (broad SMARTS) is 1. The standard InChI is InChI=1S/C11H6F3NO2/c12-6-4-8(14)10(5-7(6)13)15-3-1-2-9(15)11(16)17/h1-5H,(H,16,17). The number of hydrogen-bond acceptors (Lipinski definition) is 1. The molecule has 0 fully saturated rings. The first-order valence-electron chi connectivity index (χ1n) is 4.56. The Labute approximate surface area is 93.7 Å². The average Bonchev–Trinajstić information content (AvgIpc) is 2.72. The molecule has 6 heteroatoms. The Bertz CT molecular complexity index is 592. The third-order valence-electron chi connectivity index (χ3n) is 2.22. The maximum Gasteiger partial charge on any atom is 0.352 e. The molecule has 2 rings (SSSR count). The third kappa shape index (κ3) is 1.89. The van der Waals surface area contributed by atoms with Crippen molar-refractivity contribution < 1.29 is 23.1 Å². The van der Waals surface area contributed by atoms with Gasteiger partial charge in [0.2, 0.25) is 0 Å². The van der Waals surface area contributed by atoms with E-state index >= 15 is 0 Å². The number of benzene rings is 1. The minimum absolute atomic E-state index is 0.241. The number of hydrogen-bond donors (Lipinski definition) is 1. The summed E-state index contributed by atoms with van der Waals surface area (Å²) < 4.78 is 40.0. The molecule has 0 unspecified atom stereocenters. The molecule has 0 saturated heterocycles. The molecule has 3 nitrogen and oxygen atoms in total. The van der Waals surface area contributed by atoms with E-state index in [-0.39, 0.29) is 11.4 Å². The molecule has 0 aliphatic heterocycles. The predicted octanol–water partition coefficient (Wildman–Crippen LogP) is 2.59. The molecule has 1 heterocycles. The smallest absolute Gasteiger partial charge is 0.352 e. The van der Waals surface area contributed by atoms with Crippen LogP contribution in [-0.2, 0) is 0 Å². The first kappa shape index (κ1) is 11.3. The summed E-state index contributed by atoms with van der Waals surface area (Å²) in [5.74, 6) is -4.90. The van der Waals surface area contributed by atoms with Crippen molar-refractivity contribution in [3.8, 4) is 5.69 Å². The van der Waals surface area contributed by atoms with Crippen molar-refractivity contribution in [3.63, 3.8) is 0 Å². The lowest BCUT2D eigenvalue weighted by Crippen LogP contribution is -2.08. The Hall–Kier alpha value is -2.24. The van der Waals surface area contributed by atoms with Crippen molar-refractivity contribution in [2.45, 2.75) is 0 Å². The maximum absolute atomic E-state index is 13.4. The largest absolute Gasteiger partial charge is 0.477 e. The monoisotopic (exact) mass is 241 g/mol. The summed E-state index contributed by atoms with van der Waals surface area (Å²) in [5.41, 5.74) is -0.596. The summed E-state index contributed by atoms with van der Waals surface area (Å²) in [6.45, 7) is 0. The first-order valence-corrected chi connectivity index (χ1v) is 4.56. The van der Waals surface area contributed by atoms with E-state index in [0.29, 0.717) is 12.1 Å². The average molecular weight is 241 g/mol. The summed E-state index contributed by atoms with van der Waals surface area (Å²) >= 11 is 0. The van der Waals surface area contributed by atoms with Gasteiger partial charge in [0.25, 0.3) is 0 Å². The van der Waals surface area contributed by atoms with E-state index in [1.807, 2.05) is 0 Å². The molecule has 88 valence electrons. The van der Waals surface area contributed by atoms with Gasteiger partial charge in [0.05, 0.1) is 5.69 Å². The van der Waals surface area contributed by atoms with Crippen LogP contribution in [0.25, 0.3) is 5.69 Å². The summed E-state index contributed by atoms with van der Waals surface area (Å²) in [7, 11) is 0. The third-order valence-corrected chi connectivity index (χ3v) is 2.22. The van der Waals surface area contributed by atoms with Crippen molar-refractivity contribution in [2.75, 3.05) is 0 Å². The Morgan fingerprint density at radius 2 is 1.76 bits per heavy atom. The van der Waals surface area contributed by atoms with Gasteiger partial charge in [-0.25, -0.2) is 18.0 Å². The van der Waals surface area contributed by atoms with Gasteiger partial charge in [-0.3, -0.25) is 0 Å². The SMILES string of the molecule is O=C(O)c1cccn1-c1cc(F)c(F)cc1F. The quantitative estimate of drug-likeness (QED) is 0.821.